The minimum atomic E-state index is -3.59. The summed E-state index contributed by atoms with van der Waals surface area (Å²) in [6.07, 6.45) is 2.99. The Hall–Kier alpha value is -1.78. The molecule has 0 radical (unpaired) electrons. The molecule has 10 heteroatoms. The lowest BCUT2D eigenvalue weighted by Gasteiger charge is -2.02. The van der Waals surface area contributed by atoms with Gasteiger partial charge in [0.05, 0.1) is 11.2 Å². The molecule has 2 N–H and O–H groups in total. The van der Waals surface area contributed by atoms with Crippen LogP contribution in [0, 0.1) is 0 Å². The molecule has 0 aromatic carbocycles. The molecule has 0 amide bonds. The van der Waals surface area contributed by atoms with Gasteiger partial charge in [0.2, 0.25) is 10.0 Å². The topological polar surface area (TPSA) is 114 Å². The molecule has 108 valence electrons. The summed E-state index contributed by atoms with van der Waals surface area (Å²) in [6.45, 7) is 0.143. The number of aryl methyl sites for hydroxylation is 1. The van der Waals surface area contributed by atoms with Crippen molar-refractivity contribution in [3.63, 3.8) is 0 Å². The highest BCUT2D eigenvalue weighted by Crippen LogP contribution is 2.11. The third-order valence-corrected chi connectivity index (χ3v) is 4.72. The summed E-state index contributed by atoms with van der Waals surface area (Å²) in [4.78, 5) is 14.6. The van der Waals surface area contributed by atoms with E-state index in [0.717, 1.165) is 0 Å². The Morgan fingerprint density at radius 1 is 1.55 bits per heavy atom. The van der Waals surface area contributed by atoms with Crippen LogP contribution in [0.4, 0.5) is 0 Å². The largest absolute Gasteiger partial charge is 0.476 e. The molecule has 0 atom stereocenters. The molecular weight excluding hydrogens is 304 g/mol. The molecule has 2 rings (SSSR count). The number of carboxylic acids is 1. The fourth-order valence-electron chi connectivity index (χ4n) is 1.44. The maximum Gasteiger partial charge on any atom is 0.355 e. The average Bonchev–Trinajstić information content (AvgIpc) is 2.98. The van der Waals surface area contributed by atoms with Crippen molar-refractivity contribution in [1.29, 1.82) is 0 Å². The third-order valence-electron chi connectivity index (χ3n) is 2.39. The molecule has 0 aliphatic carbocycles. The van der Waals surface area contributed by atoms with Crippen LogP contribution < -0.4 is 4.72 Å². The second-order valence-corrected chi connectivity index (χ2v) is 6.64. The van der Waals surface area contributed by atoms with Crippen molar-refractivity contribution in [2.24, 2.45) is 7.05 Å². The van der Waals surface area contributed by atoms with Gasteiger partial charge in [0.15, 0.2) is 5.69 Å². The number of rotatable bonds is 6. The van der Waals surface area contributed by atoms with Gasteiger partial charge in [0.25, 0.3) is 0 Å². The van der Waals surface area contributed by atoms with Crippen LogP contribution in [0.25, 0.3) is 0 Å². The Morgan fingerprint density at radius 2 is 2.30 bits per heavy atom. The predicted octanol–water partition coefficient (Wildman–Crippen LogP) is 0.0958. The van der Waals surface area contributed by atoms with E-state index in [9.17, 15) is 13.2 Å². The summed E-state index contributed by atoms with van der Waals surface area (Å²) in [5, 5.41) is 14.5. The molecule has 0 saturated carbocycles. The van der Waals surface area contributed by atoms with Crippen molar-refractivity contribution >= 4 is 27.3 Å². The van der Waals surface area contributed by atoms with Crippen LogP contribution in [-0.4, -0.2) is 40.8 Å². The Balaban J connectivity index is 1.93. The molecule has 0 fully saturated rings. The second-order valence-electron chi connectivity index (χ2n) is 3.93. The maximum absolute atomic E-state index is 11.9. The van der Waals surface area contributed by atoms with Gasteiger partial charge in [-0.05, 0) is 0 Å². The van der Waals surface area contributed by atoms with Crippen molar-refractivity contribution in [2.75, 3.05) is 6.54 Å². The fraction of sp³-hybridized carbons (Fsp3) is 0.300. The van der Waals surface area contributed by atoms with Crippen molar-refractivity contribution in [1.82, 2.24) is 19.5 Å². The zero-order chi connectivity index (χ0) is 14.8. The normalized spacial score (nSPS) is 11.7. The number of carboxylic acid groups (broad SMARTS) is 1. The zero-order valence-electron chi connectivity index (χ0n) is 10.5. The Morgan fingerprint density at radius 3 is 2.85 bits per heavy atom. The predicted molar refractivity (Wildman–Crippen MR) is 71.2 cm³/mol. The Labute approximate surface area is 119 Å². The van der Waals surface area contributed by atoms with E-state index in [2.05, 4.69) is 14.8 Å². The van der Waals surface area contributed by atoms with E-state index in [1.54, 1.807) is 7.05 Å². The first-order chi connectivity index (χ1) is 9.38. The van der Waals surface area contributed by atoms with Gasteiger partial charge in [-0.1, -0.05) is 0 Å². The molecule has 20 heavy (non-hydrogen) atoms. The van der Waals surface area contributed by atoms with Crippen LogP contribution in [0.5, 0.6) is 0 Å². The number of nitrogens with zero attached hydrogens (tertiary/aromatic N) is 3. The van der Waals surface area contributed by atoms with Crippen molar-refractivity contribution in [3.8, 4) is 0 Å². The van der Waals surface area contributed by atoms with Gasteiger partial charge in [-0.2, -0.15) is 5.10 Å². The van der Waals surface area contributed by atoms with Gasteiger partial charge in [0.1, 0.15) is 4.90 Å². The van der Waals surface area contributed by atoms with Gasteiger partial charge < -0.3 is 5.11 Å². The zero-order valence-corrected chi connectivity index (χ0v) is 12.1. The average molecular weight is 316 g/mol. The van der Waals surface area contributed by atoms with E-state index in [-0.39, 0.29) is 17.1 Å². The molecule has 0 aliphatic heterocycles. The molecule has 0 unspecified atom stereocenters. The molecule has 2 heterocycles. The van der Waals surface area contributed by atoms with E-state index >= 15 is 0 Å². The van der Waals surface area contributed by atoms with Crippen LogP contribution in [0.3, 0.4) is 0 Å². The van der Waals surface area contributed by atoms with Crippen LogP contribution in [0.15, 0.2) is 22.7 Å². The molecule has 0 bridgehead atoms. The highest BCUT2D eigenvalue weighted by atomic mass is 32.2. The molecule has 8 nitrogen and oxygen atoms in total. The summed E-state index contributed by atoms with van der Waals surface area (Å²) in [5.74, 6) is -1.09. The van der Waals surface area contributed by atoms with Crippen LogP contribution in [0.1, 0.15) is 15.5 Å². The van der Waals surface area contributed by atoms with Crippen LogP contribution >= 0.6 is 11.3 Å². The van der Waals surface area contributed by atoms with Gasteiger partial charge in [-0.25, -0.2) is 22.9 Å². The van der Waals surface area contributed by atoms with Crippen molar-refractivity contribution < 1.29 is 18.3 Å². The number of carbonyl (C=O) groups is 1. The van der Waals surface area contributed by atoms with E-state index in [1.807, 2.05) is 0 Å². The fourth-order valence-corrected chi connectivity index (χ4v) is 3.22. The highest BCUT2D eigenvalue weighted by molar-refractivity contribution is 7.89. The van der Waals surface area contributed by atoms with E-state index in [0.29, 0.717) is 11.4 Å². The smallest absolute Gasteiger partial charge is 0.355 e. The maximum atomic E-state index is 11.9. The van der Waals surface area contributed by atoms with Gasteiger partial charge in [-0.3, -0.25) is 4.68 Å². The standard InChI is InChI=1S/C10H12N4O4S2/c1-14-5-7(4-11-14)20(17,18)12-3-2-9-13-8(6-19-9)10(15)16/h4-6,12H,2-3H2,1H3,(H,15,16). The summed E-state index contributed by atoms with van der Waals surface area (Å²) in [5.41, 5.74) is -0.0277. The number of sulfonamides is 1. The van der Waals surface area contributed by atoms with E-state index < -0.39 is 16.0 Å². The minimum Gasteiger partial charge on any atom is -0.476 e. The number of aromatic carboxylic acids is 1. The summed E-state index contributed by atoms with van der Waals surface area (Å²) in [7, 11) is -1.96. The second kappa shape index (κ2) is 5.69. The molecule has 0 saturated heterocycles. The molecule has 0 spiro atoms. The van der Waals surface area contributed by atoms with E-state index in [1.165, 1.54) is 33.8 Å². The van der Waals surface area contributed by atoms with Crippen LogP contribution in [-0.2, 0) is 23.5 Å². The lowest BCUT2D eigenvalue weighted by Crippen LogP contribution is -2.25. The Bertz CT molecular complexity index is 719. The molecule has 2 aromatic rings. The van der Waals surface area contributed by atoms with Crippen LogP contribution in [0.2, 0.25) is 0 Å². The molecule has 0 aliphatic rings. The summed E-state index contributed by atoms with van der Waals surface area (Å²) in [6, 6.07) is 0. The number of hydrogen-bond acceptors (Lipinski definition) is 6. The third kappa shape index (κ3) is 3.40. The van der Waals surface area contributed by atoms with Gasteiger partial charge in [0, 0.05) is 31.6 Å². The first kappa shape index (κ1) is 14.6. The van der Waals surface area contributed by atoms with E-state index in [4.69, 9.17) is 5.11 Å². The number of nitrogens with one attached hydrogen (secondary N) is 1. The summed E-state index contributed by atoms with van der Waals surface area (Å²) >= 11 is 1.19. The lowest BCUT2D eigenvalue weighted by molar-refractivity contribution is 0.0691. The first-order valence-electron chi connectivity index (χ1n) is 5.54. The molecular formula is C10H12N4O4S2. The van der Waals surface area contributed by atoms with Gasteiger partial charge in [-0.15, -0.1) is 11.3 Å². The van der Waals surface area contributed by atoms with Gasteiger partial charge >= 0.3 is 5.97 Å². The van der Waals surface area contributed by atoms with Crippen molar-refractivity contribution in [3.05, 3.63) is 28.5 Å². The lowest BCUT2D eigenvalue weighted by atomic mass is 10.4. The van der Waals surface area contributed by atoms with Crippen molar-refractivity contribution in [2.45, 2.75) is 11.3 Å². The minimum absolute atomic E-state index is 0.0277. The Kier molecular flexibility index (Phi) is 4.16. The molecule has 2 aromatic heterocycles. The number of aromatic nitrogens is 3. The quantitative estimate of drug-likeness (QED) is 0.781. The SMILES string of the molecule is Cn1cc(S(=O)(=O)NCCc2nc(C(=O)O)cs2)cn1. The number of thiazole rings is 1. The highest BCUT2D eigenvalue weighted by Gasteiger charge is 2.16. The summed E-state index contributed by atoms with van der Waals surface area (Å²) < 4.78 is 27.6. The monoisotopic (exact) mass is 316 g/mol. The number of hydrogen-bond donors (Lipinski definition) is 2. The first-order valence-corrected chi connectivity index (χ1v) is 7.91.